The monoisotopic (exact) mass is 305 g/mol. The third-order valence-corrected chi connectivity index (χ3v) is 3.99. The zero-order valence-electron chi connectivity index (χ0n) is 10.0. The van der Waals surface area contributed by atoms with Crippen LogP contribution in [0.2, 0.25) is 0 Å². The SMILES string of the molecule is Fc1cccc(Nc2nnc(Sc3ncccn3)s2)c1. The number of aromatic nitrogens is 4. The highest BCUT2D eigenvalue weighted by Gasteiger charge is 2.08. The molecule has 0 saturated heterocycles. The normalized spacial score (nSPS) is 10.4. The van der Waals surface area contributed by atoms with Crippen molar-refractivity contribution >= 4 is 33.9 Å². The van der Waals surface area contributed by atoms with E-state index < -0.39 is 0 Å². The maximum Gasteiger partial charge on any atom is 0.210 e. The number of hydrogen-bond acceptors (Lipinski definition) is 7. The summed E-state index contributed by atoms with van der Waals surface area (Å²) in [4.78, 5) is 8.20. The molecule has 5 nitrogen and oxygen atoms in total. The number of anilines is 2. The zero-order valence-corrected chi connectivity index (χ0v) is 11.7. The molecule has 3 aromatic rings. The van der Waals surface area contributed by atoms with Crippen molar-refractivity contribution in [3.63, 3.8) is 0 Å². The molecule has 3 rings (SSSR count). The first-order valence-corrected chi connectivity index (χ1v) is 7.24. The van der Waals surface area contributed by atoms with Crippen LogP contribution < -0.4 is 5.32 Å². The van der Waals surface area contributed by atoms with Crippen molar-refractivity contribution in [2.24, 2.45) is 0 Å². The minimum absolute atomic E-state index is 0.299. The van der Waals surface area contributed by atoms with Crippen molar-refractivity contribution in [3.05, 3.63) is 48.5 Å². The fourth-order valence-electron chi connectivity index (χ4n) is 1.41. The molecule has 20 heavy (non-hydrogen) atoms. The zero-order chi connectivity index (χ0) is 13.8. The van der Waals surface area contributed by atoms with Crippen LogP contribution in [0.3, 0.4) is 0 Å². The largest absolute Gasteiger partial charge is 0.330 e. The Morgan fingerprint density at radius 3 is 2.75 bits per heavy atom. The van der Waals surface area contributed by atoms with Crippen LogP contribution in [-0.4, -0.2) is 20.2 Å². The second-order valence-corrected chi connectivity index (χ2v) is 5.83. The third-order valence-electron chi connectivity index (χ3n) is 2.20. The molecule has 0 unspecified atom stereocenters. The van der Waals surface area contributed by atoms with Crippen LogP contribution in [-0.2, 0) is 0 Å². The predicted octanol–water partition coefficient (Wildman–Crippen LogP) is 3.36. The van der Waals surface area contributed by atoms with Gasteiger partial charge in [-0.1, -0.05) is 17.4 Å². The molecule has 0 bridgehead atoms. The van der Waals surface area contributed by atoms with E-state index in [-0.39, 0.29) is 5.82 Å². The van der Waals surface area contributed by atoms with Gasteiger partial charge in [0, 0.05) is 18.1 Å². The number of hydrogen-bond donors (Lipinski definition) is 1. The molecule has 0 aliphatic heterocycles. The summed E-state index contributed by atoms with van der Waals surface area (Å²) in [5.74, 6) is -0.299. The Bertz CT molecular complexity index is 704. The predicted molar refractivity (Wildman–Crippen MR) is 75.7 cm³/mol. The maximum atomic E-state index is 13.1. The lowest BCUT2D eigenvalue weighted by atomic mass is 10.3. The van der Waals surface area contributed by atoms with Gasteiger partial charge in [0.05, 0.1) is 0 Å². The lowest BCUT2D eigenvalue weighted by Crippen LogP contribution is -1.89. The van der Waals surface area contributed by atoms with Crippen molar-refractivity contribution < 1.29 is 4.39 Å². The third kappa shape index (κ3) is 3.28. The van der Waals surface area contributed by atoms with E-state index in [9.17, 15) is 4.39 Å². The van der Waals surface area contributed by atoms with E-state index in [1.165, 1.54) is 35.2 Å². The second kappa shape index (κ2) is 5.93. The van der Waals surface area contributed by atoms with Crippen LogP contribution in [0.25, 0.3) is 0 Å². The molecule has 0 radical (unpaired) electrons. The lowest BCUT2D eigenvalue weighted by Gasteiger charge is -2.00. The summed E-state index contributed by atoms with van der Waals surface area (Å²) in [5, 5.41) is 12.2. The molecule has 2 heterocycles. The van der Waals surface area contributed by atoms with Gasteiger partial charge >= 0.3 is 0 Å². The van der Waals surface area contributed by atoms with Gasteiger partial charge in [-0.3, -0.25) is 0 Å². The summed E-state index contributed by atoms with van der Waals surface area (Å²) in [5.41, 5.74) is 0.633. The number of nitrogens with zero attached hydrogens (tertiary/aromatic N) is 4. The van der Waals surface area contributed by atoms with Gasteiger partial charge in [-0.05, 0) is 36.0 Å². The summed E-state index contributed by atoms with van der Waals surface area (Å²) in [6.45, 7) is 0. The maximum absolute atomic E-state index is 13.1. The molecule has 0 saturated carbocycles. The first kappa shape index (κ1) is 12.9. The van der Waals surface area contributed by atoms with Crippen LogP contribution in [0.4, 0.5) is 15.2 Å². The Morgan fingerprint density at radius 2 is 1.95 bits per heavy atom. The van der Waals surface area contributed by atoms with Crippen molar-refractivity contribution in [2.45, 2.75) is 9.50 Å². The molecular formula is C12H8FN5S2. The van der Waals surface area contributed by atoms with Gasteiger partial charge in [-0.15, -0.1) is 10.2 Å². The number of nitrogens with one attached hydrogen (secondary N) is 1. The van der Waals surface area contributed by atoms with Crippen LogP contribution in [0, 0.1) is 5.82 Å². The highest BCUT2D eigenvalue weighted by atomic mass is 32.2. The summed E-state index contributed by atoms with van der Waals surface area (Å²) >= 11 is 2.69. The topological polar surface area (TPSA) is 63.6 Å². The minimum atomic E-state index is -0.299. The summed E-state index contributed by atoms with van der Waals surface area (Å²) in [6, 6.07) is 7.93. The van der Waals surface area contributed by atoms with Crippen LogP contribution >= 0.6 is 23.1 Å². The Hall–Kier alpha value is -2.06. The molecule has 0 atom stereocenters. The molecule has 1 aromatic carbocycles. The molecule has 2 aromatic heterocycles. The van der Waals surface area contributed by atoms with Crippen molar-refractivity contribution in [2.75, 3.05) is 5.32 Å². The van der Waals surface area contributed by atoms with Crippen LogP contribution in [0.1, 0.15) is 0 Å². The van der Waals surface area contributed by atoms with E-state index in [1.54, 1.807) is 30.6 Å². The van der Waals surface area contributed by atoms with E-state index in [1.807, 2.05) is 0 Å². The van der Waals surface area contributed by atoms with Gasteiger partial charge in [0.15, 0.2) is 9.50 Å². The summed E-state index contributed by atoms with van der Waals surface area (Å²) < 4.78 is 13.8. The van der Waals surface area contributed by atoms with Gasteiger partial charge in [0.25, 0.3) is 0 Å². The lowest BCUT2D eigenvalue weighted by molar-refractivity contribution is 0.628. The summed E-state index contributed by atoms with van der Waals surface area (Å²) in [6.07, 6.45) is 3.34. The van der Waals surface area contributed by atoms with E-state index in [0.29, 0.717) is 16.0 Å². The number of halogens is 1. The summed E-state index contributed by atoms with van der Waals surface area (Å²) in [7, 11) is 0. The molecule has 8 heteroatoms. The molecule has 0 aliphatic rings. The molecule has 100 valence electrons. The Kier molecular flexibility index (Phi) is 3.84. The fourth-order valence-corrected chi connectivity index (χ4v) is 3.00. The first-order valence-electron chi connectivity index (χ1n) is 5.60. The molecule has 0 amide bonds. The van der Waals surface area contributed by atoms with E-state index in [4.69, 9.17) is 0 Å². The average Bonchev–Trinajstić information content (AvgIpc) is 2.87. The van der Waals surface area contributed by atoms with E-state index in [2.05, 4.69) is 25.5 Å². The molecular weight excluding hydrogens is 297 g/mol. The number of rotatable bonds is 4. The van der Waals surface area contributed by atoms with E-state index in [0.717, 1.165) is 4.34 Å². The first-order chi connectivity index (χ1) is 9.79. The number of benzene rings is 1. The van der Waals surface area contributed by atoms with E-state index >= 15 is 0 Å². The van der Waals surface area contributed by atoms with Gasteiger partial charge < -0.3 is 5.32 Å². The van der Waals surface area contributed by atoms with Crippen molar-refractivity contribution in [1.82, 2.24) is 20.2 Å². The Balaban J connectivity index is 1.71. The average molecular weight is 305 g/mol. The highest BCUT2D eigenvalue weighted by molar-refractivity contribution is 8.00. The second-order valence-electron chi connectivity index (χ2n) is 3.64. The Labute approximate surface area is 122 Å². The molecule has 0 aliphatic carbocycles. The molecule has 0 fully saturated rings. The highest BCUT2D eigenvalue weighted by Crippen LogP contribution is 2.30. The van der Waals surface area contributed by atoms with Crippen molar-refractivity contribution in [3.8, 4) is 0 Å². The molecule has 1 N–H and O–H groups in total. The van der Waals surface area contributed by atoms with Gasteiger partial charge in [-0.25, -0.2) is 14.4 Å². The quantitative estimate of drug-likeness (QED) is 0.746. The standard InChI is InChI=1S/C12H8FN5S2/c13-8-3-1-4-9(7-8)16-11-17-18-12(20-11)19-10-14-5-2-6-15-10/h1-7H,(H,16,17). The van der Waals surface area contributed by atoms with Gasteiger partial charge in [0.1, 0.15) is 5.82 Å². The van der Waals surface area contributed by atoms with Gasteiger partial charge in [-0.2, -0.15) is 0 Å². The van der Waals surface area contributed by atoms with Crippen molar-refractivity contribution in [1.29, 1.82) is 0 Å². The van der Waals surface area contributed by atoms with Crippen LogP contribution in [0.15, 0.2) is 52.2 Å². The Morgan fingerprint density at radius 1 is 1.10 bits per heavy atom. The smallest absolute Gasteiger partial charge is 0.210 e. The van der Waals surface area contributed by atoms with Gasteiger partial charge in [0.2, 0.25) is 5.13 Å². The molecule has 0 spiro atoms. The minimum Gasteiger partial charge on any atom is -0.330 e. The van der Waals surface area contributed by atoms with Crippen LogP contribution in [0.5, 0.6) is 0 Å². The fraction of sp³-hybridized carbons (Fsp3) is 0.